The lowest BCUT2D eigenvalue weighted by molar-refractivity contribution is 0.477. The normalized spacial score (nSPS) is 23.4. The molecule has 0 fully saturated rings. The molecule has 4 nitrogen and oxygen atoms in total. The molecule has 0 heterocycles. The van der Waals surface area contributed by atoms with Gasteiger partial charge in [0, 0.05) is 11.5 Å². The number of nitroso groups, excluding NO2 is 2. The molecule has 0 saturated heterocycles. The Bertz CT molecular complexity index is 532. The van der Waals surface area contributed by atoms with Gasteiger partial charge in [-0.15, -0.1) is 16.4 Å². The van der Waals surface area contributed by atoms with Crippen LogP contribution in [0.5, 0.6) is 0 Å². The van der Waals surface area contributed by atoms with E-state index in [-0.39, 0.29) is 17.8 Å². The Balaban J connectivity index is 3.15. The summed E-state index contributed by atoms with van der Waals surface area (Å²) in [4.78, 5) is 22.7. The summed E-state index contributed by atoms with van der Waals surface area (Å²) < 4.78 is 0. The van der Waals surface area contributed by atoms with Crippen LogP contribution < -0.4 is 0 Å². The third-order valence-electron chi connectivity index (χ3n) is 4.71. The van der Waals surface area contributed by atoms with Crippen molar-refractivity contribution in [2.24, 2.45) is 28.1 Å². The SMILES string of the molecule is C=CC1CCC=CC1C(/C(=C\C(C)CCCCC)N=O)=C(/C)N=O. The molecule has 0 aromatic carbocycles. The quantitative estimate of drug-likeness (QED) is 0.194. The number of nitrogens with zero attached hydrogens (tertiary/aromatic N) is 2. The zero-order valence-corrected chi connectivity index (χ0v) is 15.2. The minimum Gasteiger partial charge on any atom is -0.145 e. The molecule has 3 unspecified atom stereocenters. The van der Waals surface area contributed by atoms with Crippen LogP contribution in [-0.2, 0) is 0 Å². The highest BCUT2D eigenvalue weighted by atomic mass is 16.3. The maximum absolute atomic E-state index is 11.5. The van der Waals surface area contributed by atoms with Gasteiger partial charge in [0.15, 0.2) is 0 Å². The second kappa shape index (κ2) is 10.8. The summed E-state index contributed by atoms with van der Waals surface area (Å²) in [5, 5.41) is 6.36. The molecule has 0 bridgehead atoms. The maximum Gasteiger partial charge on any atom is 0.110 e. The average Bonchev–Trinajstić information content (AvgIpc) is 2.61. The highest BCUT2D eigenvalue weighted by Gasteiger charge is 2.28. The maximum atomic E-state index is 11.5. The first-order chi connectivity index (χ1) is 11.6. The molecular formula is C20H30N2O2. The van der Waals surface area contributed by atoms with Gasteiger partial charge < -0.3 is 0 Å². The van der Waals surface area contributed by atoms with Gasteiger partial charge in [-0.05, 0) is 48.4 Å². The molecule has 1 rings (SSSR count). The van der Waals surface area contributed by atoms with Crippen molar-refractivity contribution in [3.63, 3.8) is 0 Å². The Morgan fingerprint density at radius 1 is 1.33 bits per heavy atom. The molecule has 4 heteroatoms. The molecule has 1 aliphatic rings. The number of allylic oxidation sites excluding steroid dienone is 6. The van der Waals surface area contributed by atoms with Crippen LogP contribution >= 0.6 is 0 Å². The lowest BCUT2D eigenvalue weighted by Crippen LogP contribution is -2.18. The van der Waals surface area contributed by atoms with E-state index >= 15 is 0 Å². The Labute approximate surface area is 145 Å². The summed E-state index contributed by atoms with van der Waals surface area (Å²) in [6.45, 7) is 9.82. The average molecular weight is 330 g/mol. The van der Waals surface area contributed by atoms with Crippen molar-refractivity contribution in [2.75, 3.05) is 0 Å². The molecular weight excluding hydrogens is 300 g/mol. The van der Waals surface area contributed by atoms with Gasteiger partial charge in [0.25, 0.3) is 0 Å². The third-order valence-corrected chi connectivity index (χ3v) is 4.71. The molecule has 0 aliphatic heterocycles. The molecule has 132 valence electrons. The summed E-state index contributed by atoms with van der Waals surface area (Å²) in [5.41, 5.74) is 1.35. The fourth-order valence-corrected chi connectivity index (χ4v) is 3.31. The Morgan fingerprint density at radius 2 is 2.08 bits per heavy atom. The van der Waals surface area contributed by atoms with E-state index in [0.29, 0.717) is 17.0 Å². The molecule has 0 spiro atoms. The highest BCUT2D eigenvalue weighted by Crippen LogP contribution is 2.37. The van der Waals surface area contributed by atoms with Crippen LogP contribution in [0.4, 0.5) is 0 Å². The fraction of sp³-hybridized carbons (Fsp3) is 0.600. The minimum absolute atomic E-state index is 0.0549. The van der Waals surface area contributed by atoms with E-state index in [1.54, 1.807) is 6.92 Å². The van der Waals surface area contributed by atoms with Crippen LogP contribution in [0.15, 0.2) is 58.2 Å². The second-order valence-electron chi connectivity index (χ2n) is 6.64. The Kier molecular flexibility index (Phi) is 9.13. The van der Waals surface area contributed by atoms with Crippen LogP contribution in [0, 0.1) is 27.6 Å². The van der Waals surface area contributed by atoms with Crippen LogP contribution in [-0.4, -0.2) is 0 Å². The van der Waals surface area contributed by atoms with Gasteiger partial charge in [-0.1, -0.05) is 57.4 Å². The molecule has 0 radical (unpaired) electrons. The lowest BCUT2D eigenvalue weighted by atomic mass is 9.77. The molecule has 0 saturated carbocycles. The zero-order valence-electron chi connectivity index (χ0n) is 15.2. The molecule has 1 aliphatic carbocycles. The topological polar surface area (TPSA) is 58.9 Å². The highest BCUT2D eigenvalue weighted by molar-refractivity contribution is 5.40. The van der Waals surface area contributed by atoms with Crippen molar-refractivity contribution in [1.29, 1.82) is 0 Å². The standard InChI is InChI=1S/C20H30N2O2/c1-5-7-8-11-15(3)14-19(22-24)20(16(4)21-23)18-13-10-9-12-17(18)6-2/h6,10,13-15,17-18H,2,5,7-9,11-12H2,1,3-4H3/b19-14+,20-16+. The molecule has 0 N–H and O–H groups in total. The molecule has 0 aromatic heterocycles. The molecule has 0 aromatic rings. The Hall–Kier alpha value is -1.84. The Morgan fingerprint density at radius 3 is 2.67 bits per heavy atom. The zero-order chi connectivity index (χ0) is 17.9. The van der Waals surface area contributed by atoms with Crippen LogP contribution in [0.1, 0.15) is 59.3 Å². The second-order valence-corrected chi connectivity index (χ2v) is 6.64. The van der Waals surface area contributed by atoms with Crippen molar-refractivity contribution in [2.45, 2.75) is 59.3 Å². The van der Waals surface area contributed by atoms with Crippen LogP contribution in [0.2, 0.25) is 0 Å². The smallest absolute Gasteiger partial charge is 0.110 e. The van der Waals surface area contributed by atoms with E-state index in [1.165, 1.54) is 12.8 Å². The van der Waals surface area contributed by atoms with E-state index in [4.69, 9.17) is 0 Å². The van der Waals surface area contributed by atoms with Crippen LogP contribution in [0.25, 0.3) is 0 Å². The number of hydrogen-bond donors (Lipinski definition) is 0. The first kappa shape index (κ1) is 20.2. The summed E-state index contributed by atoms with van der Waals surface area (Å²) >= 11 is 0. The van der Waals surface area contributed by atoms with Gasteiger partial charge >= 0.3 is 0 Å². The van der Waals surface area contributed by atoms with Crippen molar-refractivity contribution in [3.05, 3.63) is 57.7 Å². The van der Waals surface area contributed by atoms with Gasteiger partial charge in [0.05, 0.1) is 5.70 Å². The fourth-order valence-electron chi connectivity index (χ4n) is 3.31. The monoisotopic (exact) mass is 330 g/mol. The first-order valence-corrected chi connectivity index (χ1v) is 8.97. The van der Waals surface area contributed by atoms with Crippen LogP contribution in [0.3, 0.4) is 0 Å². The third kappa shape index (κ3) is 5.66. The summed E-state index contributed by atoms with van der Waals surface area (Å²) in [6.07, 6.45) is 14.4. The van der Waals surface area contributed by atoms with E-state index < -0.39 is 0 Å². The van der Waals surface area contributed by atoms with Gasteiger partial charge in [-0.2, -0.15) is 0 Å². The first-order valence-electron chi connectivity index (χ1n) is 8.97. The predicted octanol–water partition coefficient (Wildman–Crippen LogP) is 6.66. The predicted molar refractivity (Wildman–Crippen MR) is 101 cm³/mol. The van der Waals surface area contributed by atoms with Crippen molar-refractivity contribution in [1.82, 2.24) is 0 Å². The number of unbranched alkanes of at least 4 members (excludes halogenated alkanes) is 2. The minimum atomic E-state index is -0.0549. The summed E-state index contributed by atoms with van der Waals surface area (Å²) in [7, 11) is 0. The molecule has 3 atom stereocenters. The van der Waals surface area contributed by atoms with E-state index in [1.807, 2.05) is 12.2 Å². The lowest BCUT2D eigenvalue weighted by Gasteiger charge is -2.27. The van der Waals surface area contributed by atoms with Crippen molar-refractivity contribution in [3.8, 4) is 0 Å². The van der Waals surface area contributed by atoms with E-state index in [9.17, 15) is 9.81 Å². The summed E-state index contributed by atoms with van der Waals surface area (Å²) in [5.74, 6) is 0.386. The van der Waals surface area contributed by atoms with Gasteiger partial charge in [-0.25, -0.2) is 0 Å². The summed E-state index contributed by atoms with van der Waals surface area (Å²) in [6, 6.07) is 0. The van der Waals surface area contributed by atoms with Crippen molar-refractivity contribution >= 4 is 0 Å². The largest absolute Gasteiger partial charge is 0.145 e. The van der Waals surface area contributed by atoms with Gasteiger partial charge in [-0.3, -0.25) is 0 Å². The van der Waals surface area contributed by atoms with Gasteiger partial charge in [0.2, 0.25) is 0 Å². The van der Waals surface area contributed by atoms with Gasteiger partial charge in [0.1, 0.15) is 5.70 Å². The molecule has 0 amide bonds. The van der Waals surface area contributed by atoms with Crippen molar-refractivity contribution < 1.29 is 0 Å². The number of rotatable bonds is 10. The van der Waals surface area contributed by atoms with E-state index in [0.717, 1.165) is 25.7 Å². The molecule has 24 heavy (non-hydrogen) atoms. The number of hydrogen-bond acceptors (Lipinski definition) is 4. The van der Waals surface area contributed by atoms with E-state index in [2.05, 4.69) is 42.9 Å².